The third kappa shape index (κ3) is 3.03. The summed E-state index contributed by atoms with van der Waals surface area (Å²) in [4.78, 5) is 14.8. The number of nitrogens with zero attached hydrogens (tertiary/aromatic N) is 1. The zero-order chi connectivity index (χ0) is 15.6. The molecular formula is C18H26N2O2. The Hall–Kier alpha value is -1.39. The fraction of sp³-hybridized carbons (Fsp3) is 0.611. The van der Waals surface area contributed by atoms with Crippen molar-refractivity contribution < 1.29 is 9.53 Å². The van der Waals surface area contributed by atoms with Crippen LogP contribution in [-0.2, 0) is 9.53 Å². The van der Waals surface area contributed by atoms with Crippen LogP contribution in [0.4, 0.5) is 0 Å². The van der Waals surface area contributed by atoms with Gasteiger partial charge in [0.15, 0.2) is 0 Å². The van der Waals surface area contributed by atoms with E-state index in [4.69, 9.17) is 10.5 Å². The zero-order valence-corrected chi connectivity index (χ0v) is 13.3. The molecule has 2 fully saturated rings. The Morgan fingerprint density at radius 2 is 1.91 bits per heavy atom. The molecule has 1 spiro atoms. The van der Waals surface area contributed by atoms with Crippen LogP contribution < -0.4 is 5.73 Å². The Bertz CT molecular complexity index is 511. The Labute approximate surface area is 132 Å². The normalized spacial score (nSPS) is 23.5. The topological polar surface area (TPSA) is 55.6 Å². The second kappa shape index (κ2) is 6.39. The maximum Gasteiger partial charge on any atom is 0.227 e. The Balaban J connectivity index is 1.64. The van der Waals surface area contributed by atoms with E-state index in [1.807, 2.05) is 42.2 Å². The summed E-state index contributed by atoms with van der Waals surface area (Å²) in [5.41, 5.74) is 7.64. The highest BCUT2D eigenvalue weighted by Crippen LogP contribution is 2.40. The van der Waals surface area contributed by atoms with Gasteiger partial charge < -0.3 is 15.4 Å². The van der Waals surface area contributed by atoms with E-state index < -0.39 is 0 Å². The van der Waals surface area contributed by atoms with Crippen molar-refractivity contribution in [2.45, 2.75) is 32.2 Å². The molecule has 2 N–H and O–H groups in total. The molecule has 2 saturated heterocycles. The Morgan fingerprint density at radius 3 is 2.59 bits per heavy atom. The molecule has 0 saturated carbocycles. The number of carbonyl (C=O) groups is 1. The first-order valence-electron chi connectivity index (χ1n) is 8.28. The average Bonchev–Trinajstić information content (AvgIpc) is 2.97. The largest absolute Gasteiger partial charge is 0.381 e. The lowest BCUT2D eigenvalue weighted by Gasteiger charge is -2.33. The highest BCUT2D eigenvalue weighted by atomic mass is 16.5. The molecule has 22 heavy (non-hydrogen) atoms. The van der Waals surface area contributed by atoms with Crippen LogP contribution in [0, 0.1) is 11.3 Å². The van der Waals surface area contributed by atoms with Gasteiger partial charge in [0.2, 0.25) is 5.91 Å². The Kier molecular flexibility index (Phi) is 4.50. The van der Waals surface area contributed by atoms with Crippen LogP contribution in [-0.4, -0.2) is 37.1 Å². The van der Waals surface area contributed by atoms with Crippen molar-refractivity contribution in [3.8, 4) is 0 Å². The summed E-state index contributed by atoms with van der Waals surface area (Å²) in [7, 11) is 0. The van der Waals surface area contributed by atoms with Gasteiger partial charge in [-0.25, -0.2) is 0 Å². The van der Waals surface area contributed by atoms with Gasteiger partial charge in [0.25, 0.3) is 0 Å². The quantitative estimate of drug-likeness (QED) is 0.932. The van der Waals surface area contributed by atoms with Crippen LogP contribution >= 0.6 is 0 Å². The maximum absolute atomic E-state index is 12.8. The number of benzene rings is 1. The molecule has 2 aliphatic heterocycles. The molecule has 2 unspecified atom stereocenters. The van der Waals surface area contributed by atoms with Crippen LogP contribution in [0.1, 0.15) is 37.8 Å². The minimum Gasteiger partial charge on any atom is -0.381 e. The van der Waals surface area contributed by atoms with Crippen LogP contribution in [0.2, 0.25) is 0 Å². The summed E-state index contributed by atoms with van der Waals surface area (Å²) in [6, 6.07) is 9.67. The van der Waals surface area contributed by atoms with E-state index in [0.717, 1.165) is 51.1 Å². The van der Waals surface area contributed by atoms with E-state index in [1.165, 1.54) is 0 Å². The molecule has 2 aliphatic rings. The van der Waals surface area contributed by atoms with Crippen molar-refractivity contribution in [1.82, 2.24) is 4.90 Å². The smallest absolute Gasteiger partial charge is 0.227 e. The van der Waals surface area contributed by atoms with Gasteiger partial charge in [0.05, 0.1) is 5.92 Å². The van der Waals surface area contributed by atoms with E-state index in [9.17, 15) is 4.79 Å². The minimum atomic E-state index is -0.236. The van der Waals surface area contributed by atoms with E-state index in [0.29, 0.717) is 5.41 Å². The van der Waals surface area contributed by atoms with Gasteiger partial charge in [0.1, 0.15) is 0 Å². The summed E-state index contributed by atoms with van der Waals surface area (Å²) in [6.45, 7) is 5.36. The summed E-state index contributed by atoms with van der Waals surface area (Å²) in [5.74, 6) is 0.0112. The highest BCUT2D eigenvalue weighted by molar-refractivity contribution is 5.79. The van der Waals surface area contributed by atoms with Crippen LogP contribution in [0.15, 0.2) is 30.3 Å². The van der Waals surface area contributed by atoms with E-state index in [1.54, 1.807) is 0 Å². The SMILES string of the molecule is CC(C(=O)N1CCC2(CCOCC2)C1)C(N)c1ccccc1. The predicted molar refractivity (Wildman–Crippen MR) is 86.2 cm³/mol. The van der Waals surface area contributed by atoms with Gasteiger partial charge in [-0.05, 0) is 30.2 Å². The lowest BCUT2D eigenvalue weighted by molar-refractivity contribution is -0.135. The second-order valence-corrected chi connectivity index (χ2v) is 6.85. The van der Waals surface area contributed by atoms with Gasteiger partial charge in [-0.2, -0.15) is 0 Å². The van der Waals surface area contributed by atoms with Crippen LogP contribution in [0.3, 0.4) is 0 Å². The van der Waals surface area contributed by atoms with Crippen molar-refractivity contribution in [3.05, 3.63) is 35.9 Å². The average molecular weight is 302 g/mol. The molecule has 4 nitrogen and oxygen atoms in total. The number of carbonyl (C=O) groups excluding carboxylic acids is 1. The third-order valence-electron chi connectivity index (χ3n) is 5.42. The molecule has 0 aliphatic carbocycles. The Morgan fingerprint density at radius 1 is 1.23 bits per heavy atom. The van der Waals surface area contributed by atoms with Gasteiger partial charge >= 0.3 is 0 Å². The number of rotatable bonds is 3. The van der Waals surface area contributed by atoms with Gasteiger partial charge in [-0.3, -0.25) is 4.79 Å². The number of hydrogen-bond donors (Lipinski definition) is 1. The molecule has 0 aromatic heterocycles. The molecule has 2 atom stereocenters. The van der Waals surface area contributed by atoms with Gasteiger partial charge in [-0.15, -0.1) is 0 Å². The first-order chi connectivity index (χ1) is 10.6. The highest BCUT2D eigenvalue weighted by Gasteiger charge is 2.42. The fourth-order valence-corrected chi connectivity index (χ4v) is 3.74. The fourth-order valence-electron chi connectivity index (χ4n) is 3.74. The molecule has 0 radical (unpaired) electrons. The molecular weight excluding hydrogens is 276 g/mol. The number of hydrogen-bond acceptors (Lipinski definition) is 3. The number of ether oxygens (including phenoxy) is 1. The maximum atomic E-state index is 12.8. The van der Waals surface area contributed by atoms with Gasteiger partial charge in [0, 0.05) is 32.3 Å². The molecule has 3 rings (SSSR count). The van der Waals surface area contributed by atoms with Crippen molar-refractivity contribution >= 4 is 5.91 Å². The predicted octanol–water partition coefficient (Wildman–Crippen LogP) is 2.35. The van der Waals surface area contributed by atoms with E-state index in [-0.39, 0.29) is 17.9 Å². The second-order valence-electron chi connectivity index (χ2n) is 6.85. The molecule has 1 amide bonds. The summed E-state index contributed by atoms with van der Waals surface area (Å²) in [6.07, 6.45) is 3.27. The number of nitrogens with two attached hydrogens (primary N) is 1. The molecule has 120 valence electrons. The lowest BCUT2D eigenvalue weighted by Crippen LogP contribution is -2.40. The molecule has 2 heterocycles. The van der Waals surface area contributed by atoms with E-state index >= 15 is 0 Å². The molecule has 0 bridgehead atoms. The monoisotopic (exact) mass is 302 g/mol. The summed E-state index contributed by atoms with van der Waals surface area (Å²) < 4.78 is 5.47. The molecule has 4 heteroatoms. The standard InChI is InChI=1S/C18H26N2O2/c1-14(16(19)15-5-3-2-4-6-15)17(21)20-10-7-18(13-20)8-11-22-12-9-18/h2-6,14,16H,7-13,19H2,1H3. The first kappa shape index (κ1) is 15.5. The number of amides is 1. The summed E-state index contributed by atoms with van der Waals surface area (Å²) in [5, 5.41) is 0. The van der Waals surface area contributed by atoms with Crippen LogP contribution in [0.5, 0.6) is 0 Å². The molecule has 1 aromatic carbocycles. The van der Waals surface area contributed by atoms with Gasteiger partial charge in [-0.1, -0.05) is 37.3 Å². The van der Waals surface area contributed by atoms with Crippen molar-refractivity contribution in [1.29, 1.82) is 0 Å². The lowest BCUT2D eigenvalue weighted by atomic mass is 9.79. The zero-order valence-electron chi connectivity index (χ0n) is 13.3. The van der Waals surface area contributed by atoms with Crippen molar-refractivity contribution in [2.24, 2.45) is 17.1 Å². The van der Waals surface area contributed by atoms with Crippen molar-refractivity contribution in [3.63, 3.8) is 0 Å². The van der Waals surface area contributed by atoms with E-state index in [2.05, 4.69) is 0 Å². The first-order valence-corrected chi connectivity index (χ1v) is 8.28. The number of likely N-dealkylation sites (tertiary alicyclic amines) is 1. The molecule has 1 aromatic rings. The van der Waals surface area contributed by atoms with Crippen molar-refractivity contribution in [2.75, 3.05) is 26.3 Å². The summed E-state index contributed by atoms with van der Waals surface area (Å²) >= 11 is 0. The van der Waals surface area contributed by atoms with Crippen LogP contribution in [0.25, 0.3) is 0 Å². The third-order valence-corrected chi connectivity index (χ3v) is 5.42. The minimum absolute atomic E-state index is 0.183.